The van der Waals surface area contributed by atoms with Crippen molar-refractivity contribution in [2.24, 2.45) is 0 Å². The Hall–Kier alpha value is -2.50. The van der Waals surface area contributed by atoms with Gasteiger partial charge >= 0.3 is 6.03 Å². The summed E-state index contributed by atoms with van der Waals surface area (Å²) in [6.45, 7) is 0.439. The molecule has 0 atom stereocenters. The van der Waals surface area contributed by atoms with Crippen LogP contribution in [0.3, 0.4) is 0 Å². The Morgan fingerprint density at radius 2 is 1.94 bits per heavy atom. The van der Waals surface area contributed by atoms with E-state index in [1.807, 2.05) is 12.1 Å². The van der Waals surface area contributed by atoms with E-state index in [2.05, 4.69) is 25.6 Å². The molecule has 0 bridgehead atoms. The first kappa shape index (κ1) is 11.0. The Morgan fingerprint density at radius 3 is 2.65 bits per heavy atom. The zero-order valence-electron chi connectivity index (χ0n) is 9.00. The van der Waals surface area contributed by atoms with E-state index in [4.69, 9.17) is 0 Å². The smallest absolute Gasteiger partial charge is 0.320 e. The third-order valence-electron chi connectivity index (χ3n) is 2.01. The van der Waals surface area contributed by atoms with Crippen LogP contribution >= 0.6 is 0 Å². The van der Waals surface area contributed by atoms with Gasteiger partial charge in [0.25, 0.3) is 0 Å². The Kier molecular flexibility index (Phi) is 3.59. The maximum absolute atomic E-state index is 11.5. The summed E-state index contributed by atoms with van der Waals surface area (Å²) in [5, 5.41) is 5.27. The molecule has 0 radical (unpaired) electrons. The molecule has 0 spiro atoms. The number of amides is 2. The maximum Gasteiger partial charge on any atom is 0.320 e. The van der Waals surface area contributed by atoms with Gasteiger partial charge in [-0.25, -0.2) is 9.78 Å². The number of aromatic nitrogens is 3. The second kappa shape index (κ2) is 5.55. The summed E-state index contributed by atoms with van der Waals surface area (Å²) >= 11 is 0. The van der Waals surface area contributed by atoms with Crippen LogP contribution < -0.4 is 10.6 Å². The molecule has 17 heavy (non-hydrogen) atoms. The van der Waals surface area contributed by atoms with Crippen LogP contribution in [0.4, 0.5) is 10.6 Å². The maximum atomic E-state index is 11.5. The number of urea groups is 1. The Balaban J connectivity index is 1.83. The average Bonchev–Trinajstić information content (AvgIpc) is 2.39. The van der Waals surface area contributed by atoms with Gasteiger partial charge in [-0.3, -0.25) is 15.3 Å². The molecule has 2 aromatic rings. The van der Waals surface area contributed by atoms with Gasteiger partial charge < -0.3 is 5.32 Å². The number of hydrogen-bond donors (Lipinski definition) is 2. The Bertz CT molecular complexity index is 474. The number of anilines is 1. The van der Waals surface area contributed by atoms with Crippen LogP contribution in [-0.2, 0) is 6.54 Å². The van der Waals surface area contributed by atoms with Gasteiger partial charge in [0.2, 0.25) is 0 Å². The number of carbonyl (C=O) groups is 1. The molecule has 86 valence electrons. The van der Waals surface area contributed by atoms with Crippen molar-refractivity contribution >= 4 is 11.8 Å². The SMILES string of the molecule is O=C(NCc1ccncc1)Nc1cnccn1. The quantitative estimate of drug-likeness (QED) is 0.828. The number of pyridine rings is 1. The summed E-state index contributed by atoms with van der Waals surface area (Å²) in [5.74, 6) is 0.416. The highest BCUT2D eigenvalue weighted by Crippen LogP contribution is 1.98. The Labute approximate surface area is 98.1 Å². The molecule has 6 heteroatoms. The summed E-state index contributed by atoms with van der Waals surface area (Å²) in [6.07, 6.45) is 7.89. The fourth-order valence-electron chi connectivity index (χ4n) is 1.21. The summed E-state index contributed by atoms with van der Waals surface area (Å²) < 4.78 is 0. The summed E-state index contributed by atoms with van der Waals surface area (Å²) in [7, 11) is 0. The molecule has 2 N–H and O–H groups in total. The van der Waals surface area contributed by atoms with Crippen molar-refractivity contribution in [3.63, 3.8) is 0 Å². The van der Waals surface area contributed by atoms with Gasteiger partial charge in [0.15, 0.2) is 5.82 Å². The van der Waals surface area contributed by atoms with Crippen LogP contribution in [0.15, 0.2) is 43.1 Å². The highest BCUT2D eigenvalue weighted by atomic mass is 16.2. The van der Waals surface area contributed by atoms with Crippen molar-refractivity contribution in [3.05, 3.63) is 48.7 Å². The number of rotatable bonds is 3. The molecule has 2 amide bonds. The molecule has 6 nitrogen and oxygen atoms in total. The highest BCUT2D eigenvalue weighted by molar-refractivity contribution is 5.87. The zero-order chi connectivity index (χ0) is 11.9. The molecule has 0 aliphatic rings. The van der Waals surface area contributed by atoms with Gasteiger partial charge in [-0.2, -0.15) is 0 Å². The molecule has 2 aromatic heterocycles. The minimum Gasteiger partial charge on any atom is -0.334 e. The van der Waals surface area contributed by atoms with Crippen molar-refractivity contribution in [2.45, 2.75) is 6.54 Å². The predicted molar refractivity (Wildman–Crippen MR) is 62.1 cm³/mol. The van der Waals surface area contributed by atoms with Gasteiger partial charge in [0, 0.05) is 31.3 Å². The first-order chi connectivity index (χ1) is 8.34. The molecule has 0 saturated heterocycles. The van der Waals surface area contributed by atoms with Crippen LogP contribution in [0, 0.1) is 0 Å². The van der Waals surface area contributed by atoms with Crippen molar-refractivity contribution in [3.8, 4) is 0 Å². The minimum atomic E-state index is -0.317. The predicted octanol–water partition coefficient (Wildman–Crippen LogP) is 1.19. The lowest BCUT2D eigenvalue weighted by Gasteiger charge is -2.06. The lowest BCUT2D eigenvalue weighted by atomic mass is 10.3. The average molecular weight is 229 g/mol. The minimum absolute atomic E-state index is 0.317. The van der Waals surface area contributed by atoms with E-state index < -0.39 is 0 Å². The first-order valence-corrected chi connectivity index (χ1v) is 5.04. The highest BCUT2D eigenvalue weighted by Gasteiger charge is 2.01. The van der Waals surface area contributed by atoms with E-state index in [-0.39, 0.29) is 6.03 Å². The van der Waals surface area contributed by atoms with E-state index in [0.717, 1.165) is 5.56 Å². The molecular weight excluding hydrogens is 218 g/mol. The van der Waals surface area contributed by atoms with Gasteiger partial charge in [-0.05, 0) is 17.7 Å². The lowest BCUT2D eigenvalue weighted by molar-refractivity contribution is 0.251. The zero-order valence-corrected chi connectivity index (χ0v) is 9.00. The van der Waals surface area contributed by atoms with Crippen LogP contribution in [-0.4, -0.2) is 21.0 Å². The van der Waals surface area contributed by atoms with E-state index >= 15 is 0 Å². The number of carbonyl (C=O) groups excluding carboxylic acids is 1. The largest absolute Gasteiger partial charge is 0.334 e. The fraction of sp³-hybridized carbons (Fsp3) is 0.0909. The van der Waals surface area contributed by atoms with E-state index in [1.165, 1.54) is 12.4 Å². The van der Waals surface area contributed by atoms with Gasteiger partial charge in [-0.15, -0.1) is 0 Å². The van der Waals surface area contributed by atoms with Gasteiger partial charge in [-0.1, -0.05) is 0 Å². The molecular formula is C11H11N5O. The van der Waals surface area contributed by atoms with Crippen molar-refractivity contribution in [1.29, 1.82) is 0 Å². The molecule has 2 rings (SSSR count). The molecule has 0 aromatic carbocycles. The molecule has 0 aliphatic carbocycles. The van der Waals surface area contributed by atoms with Gasteiger partial charge in [0.05, 0.1) is 6.20 Å². The molecule has 0 fully saturated rings. The molecule has 0 saturated carbocycles. The standard InChI is InChI=1S/C11H11N5O/c17-11(16-10-8-13-5-6-14-10)15-7-9-1-3-12-4-2-9/h1-6,8H,7H2,(H2,14,15,16,17). The summed E-state index contributed by atoms with van der Waals surface area (Å²) in [6, 6.07) is 3.35. The van der Waals surface area contributed by atoms with Crippen molar-refractivity contribution in [1.82, 2.24) is 20.3 Å². The number of hydrogen-bond acceptors (Lipinski definition) is 4. The van der Waals surface area contributed by atoms with E-state index in [9.17, 15) is 4.79 Å². The fourth-order valence-corrected chi connectivity index (χ4v) is 1.21. The van der Waals surface area contributed by atoms with Crippen LogP contribution in [0.5, 0.6) is 0 Å². The third-order valence-corrected chi connectivity index (χ3v) is 2.01. The van der Waals surface area contributed by atoms with Crippen LogP contribution in [0.1, 0.15) is 5.56 Å². The molecule has 0 unspecified atom stereocenters. The normalized spacial score (nSPS) is 9.65. The topological polar surface area (TPSA) is 79.8 Å². The molecule has 2 heterocycles. The number of nitrogens with zero attached hydrogens (tertiary/aromatic N) is 3. The second-order valence-electron chi connectivity index (χ2n) is 3.25. The number of nitrogens with one attached hydrogen (secondary N) is 2. The van der Waals surface area contributed by atoms with E-state index in [0.29, 0.717) is 12.4 Å². The Morgan fingerprint density at radius 1 is 1.12 bits per heavy atom. The monoisotopic (exact) mass is 229 g/mol. The third kappa shape index (κ3) is 3.53. The molecule has 0 aliphatic heterocycles. The summed E-state index contributed by atoms with van der Waals surface area (Å²) in [5.41, 5.74) is 0.981. The summed E-state index contributed by atoms with van der Waals surface area (Å²) in [4.78, 5) is 23.1. The van der Waals surface area contributed by atoms with E-state index in [1.54, 1.807) is 18.6 Å². The van der Waals surface area contributed by atoms with Crippen LogP contribution in [0.2, 0.25) is 0 Å². The first-order valence-electron chi connectivity index (χ1n) is 5.04. The lowest BCUT2D eigenvalue weighted by Crippen LogP contribution is -2.28. The van der Waals surface area contributed by atoms with Crippen LogP contribution in [0.25, 0.3) is 0 Å². The van der Waals surface area contributed by atoms with Crippen molar-refractivity contribution < 1.29 is 4.79 Å². The van der Waals surface area contributed by atoms with Crippen molar-refractivity contribution in [2.75, 3.05) is 5.32 Å². The second-order valence-corrected chi connectivity index (χ2v) is 3.25. The van der Waals surface area contributed by atoms with Gasteiger partial charge in [0.1, 0.15) is 0 Å².